The maximum Gasteiger partial charge on any atom is 0.226 e. The summed E-state index contributed by atoms with van der Waals surface area (Å²) in [5.74, 6) is 0.733. The van der Waals surface area contributed by atoms with Crippen LogP contribution in [0.1, 0.15) is 63.6 Å². The van der Waals surface area contributed by atoms with Gasteiger partial charge < -0.3 is 4.90 Å². The lowest BCUT2D eigenvalue weighted by molar-refractivity contribution is -0.133. The summed E-state index contributed by atoms with van der Waals surface area (Å²) in [7, 11) is 0. The van der Waals surface area contributed by atoms with Crippen LogP contribution >= 0.6 is 0 Å². The standard InChI is InChI=1S/C18H25NO/c1-18(2,3)15-10-8-13(9-11-15)16-5-4-12-19(16)17(20)14-6-7-14/h8-11,14,16H,4-7,12H2,1-3H3. The van der Waals surface area contributed by atoms with Crippen molar-refractivity contribution in [1.82, 2.24) is 4.90 Å². The summed E-state index contributed by atoms with van der Waals surface area (Å²) in [5.41, 5.74) is 2.86. The highest BCUT2D eigenvalue weighted by Gasteiger charge is 2.38. The smallest absolute Gasteiger partial charge is 0.226 e. The van der Waals surface area contributed by atoms with Crippen molar-refractivity contribution in [2.45, 2.75) is 57.9 Å². The molecule has 0 spiro atoms. The van der Waals surface area contributed by atoms with E-state index in [4.69, 9.17) is 0 Å². The second-order valence-corrected chi connectivity index (χ2v) is 7.34. The van der Waals surface area contributed by atoms with Crippen LogP contribution in [0, 0.1) is 5.92 Å². The molecule has 1 amide bonds. The molecule has 0 radical (unpaired) electrons. The van der Waals surface area contributed by atoms with Gasteiger partial charge in [-0.2, -0.15) is 0 Å². The maximum absolute atomic E-state index is 12.3. The number of nitrogens with zero attached hydrogens (tertiary/aromatic N) is 1. The van der Waals surface area contributed by atoms with Gasteiger partial charge in [-0.3, -0.25) is 4.79 Å². The van der Waals surface area contributed by atoms with Gasteiger partial charge >= 0.3 is 0 Å². The minimum absolute atomic E-state index is 0.192. The van der Waals surface area contributed by atoms with Crippen LogP contribution in [-0.2, 0) is 10.2 Å². The predicted octanol–water partition coefficient (Wildman–Crippen LogP) is 4.06. The number of amides is 1. The first-order valence-corrected chi connectivity index (χ1v) is 7.88. The Morgan fingerprint density at radius 1 is 1.10 bits per heavy atom. The molecule has 1 atom stereocenters. The van der Waals surface area contributed by atoms with E-state index in [2.05, 4.69) is 49.9 Å². The summed E-state index contributed by atoms with van der Waals surface area (Å²) >= 11 is 0. The molecule has 1 saturated carbocycles. The van der Waals surface area contributed by atoms with Gasteiger partial charge in [0, 0.05) is 12.5 Å². The van der Waals surface area contributed by atoms with Crippen molar-refractivity contribution in [2.75, 3.05) is 6.54 Å². The van der Waals surface area contributed by atoms with E-state index in [-0.39, 0.29) is 5.41 Å². The number of hydrogen-bond acceptors (Lipinski definition) is 1. The molecule has 1 unspecified atom stereocenters. The van der Waals surface area contributed by atoms with Crippen LogP contribution in [0.3, 0.4) is 0 Å². The van der Waals surface area contributed by atoms with Gasteiger partial charge in [-0.25, -0.2) is 0 Å². The lowest BCUT2D eigenvalue weighted by atomic mass is 9.86. The van der Waals surface area contributed by atoms with E-state index in [0.717, 1.165) is 32.2 Å². The SMILES string of the molecule is CC(C)(C)c1ccc(C2CCCN2C(=O)C2CC2)cc1. The zero-order valence-corrected chi connectivity index (χ0v) is 12.9. The van der Waals surface area contributed by atoms with Gasteiger partial charge in [-0.1, -0.05) is 45.0 Å². The second-order valence-electron chi connectivity index (χ2n) is 7.34. The highest BCUT2D eigenvalue weighted by Crippen LogP contribution is 2.39. The first kappa shape index (κ1) is 13.7. The highest BCUT2D eigenvalue weighted by molar-refractivity contribution is 5.81. The molecule has 3 rings (SSSR count). The summed E-state index contributed by atoms with van der Waals surface area (Å²) in [6.07, 6.45) is 4.47. The van der Waals surface area contributed by atoms with Gasteiger partial charge in [-0.15, -0.1) is 0 Å². The Balaban J connectivity index is 1.79. The monoisotopic (exact) mass is 271 g/mol. The fraction of sp³-hybridized carbons (Fsp3) is 0.611. The largest absolute Gasteiger partial charge is 0.335 e. The molecule has 0 bridgehead atoms. The minimum atomic E-state index is 0.192. The van der Waals surface area contributed by atoms with Crippen LogP contribution in [-0.4, -0.2) is 17.4 Å². The Morgan fingerprint density at radius 3 is 2.30 bits per heavy atom. The Bertz CT molecular complexity index is 493. The van der Waals surface area contributed by atoms with Gasteiger partial charge in [0.25, 0.3) is 0 Å². The first-order chi connectivity index (χ1) is 9.47. The number of carbonyl (C=O) groups is 1. The third-order valence-corrected chi connectivity index (χ3v) is 4.62. The fourth-order valence-corrected chi connectivity index (χ4v) is 3.15. The Hall–Kier alpha value is -1.31. The summed E-state index contributed by atoms with van der Waals surface area (Å²) in [5, 5.41) is 0. The number of likely N-dealkylation sites (tertiary alicyclic amines) is 1. The van der Waals surface area contributed by atoms with E-state index >= 15 is 0 Å². The Labute approximate surface area is 122 Å². The molecule has 1 aromatic carbocycles. The van der Waals surface area contributed by atoms with Crippen molar-refractivity contribution in [3.05, 3.63) is 35.4 Å². The molecule has 1 aliphatic carbocycles. The lowest BCUT2D eigenvalue weighted by Gasteiger charge is -2.26. The van der Waals surface area contributed by atoms with Gasteiger partial charge in [-0.05, 0) is 42.2 Å². The molecule has 1 aromatic rings. The molecule has 108 valence electrons. The molecular formula is C18H25NO. The zero-order chi connectivity index (χ0) is 14.3. The van der Waals surface area contributed by atoms with Crippen molar-refractivity contribution in [3.63, 3.8) is 0 Å². The average molecular weight is 271 g/mol. The van der Waals surface area contributed by atoms with Crippen molar-refractivity contribution in [1.29, 1.82) is 0 Å². The fourth-order valence-electron chi connectivity index (χ4n) is 3.15. The zero-order valence-electron chi connectivity index (χ0n) is 12.9. The van der Waals surface area contributed by atoms with Gasteiger partial charge in [0.05, 0.1) is 6.04 Å². The molecule has 2 fully saturated rings. The topological polar surface area (TPSA) is 20.3 Å². The molecule has 0 N–H and O–H groups in total. The summed E-state index contributed by atoms with van der Waals surface area (Å²) < 4.78 is 0. The number of carbonyl (C=O) groups excluding carboxylic acids is 1. The van der Waals surface area contributed by atoms with Crippen LogP contribution in [0.4, 0.5) is 0 Å². The third kappa shape index (κ3) is 2.61. The van der Waals surface area contributed by atoms with Crippen LogP contribution < -0.4 is 0 Å². The molecular weight excluding hydrogens is 246 g/mol. The van der Waals surface area contributed by atoms with E-state index in [1.165, 1.54) is 11.1 Å². The predicted molar refractivity (Wildman–Crippen MR) is 81.6 cm³/mol. The van der Waals surface area contributed by atoms with E-state index < -0.39 is 0 Å². The van der Waals surface area contributed by atoms with Crippen LogP contribution in [0.25, 0.3) is 0 Å². The molecule has 1 heterocycles. The van der Waals surface area contributed by atoms with Gasteiger partial charge in [0.15, 0.2) is 0 Å². The van der Waals surface area contributed by atoms with Crippen molar-refractivity contribution in [2.24, 2.45) is 5.92 Å². The van der Waals surface area contributed by atoms with Crippen LogP contribution in [0.2, 0.25) is 0 Å². The van der Waals surface area contributed by atoms with Crippen molar-refractivity contribution < 1.29 is 4.79 Å². The summed E-state index contributed by atoms with van der Waals surface area (Å²) in [6.45, 7) is 7.66. The molecule has 2 nitrogen and oxygen atoms in total. The van der Waals surface area contributed by atoms with E-state index in [9.17, 15) is 4.79 Å². The minimum Gasteiger partial charge on any atom is -0.335 e. The third-order valence-electron chi connectivity index (χ3n) is 4.62. The molecule has 2 aliphatic rings. The maximum atomic E-state index is 12.3. The highest BCUT2D eigenvalue weighted by atomic mass is 16.2. The summed E-state index contributed by atoms with van der Waals surface area (Å²) in [6, 6.07) is 9.23. The lowest BCUT2D eigenvalue weighted by Crippen LogP contribution is -2.31. The molecule has 1 aliphatic heterocycles. The Morgan fingerprint density at radius 2 is 1.75 bits per heavy atom. The number of rotatable bonds is 2. The van der Waals surface area contributed by atoms with Crippen molar-refractivity contribution >= 4 is 5.91 Å². The molecule has 20 heavy (non-hydrogen) atoms. The second kappa shape index (κ2) is 4.91. The van der Waals surface area contributed by atoms with Gasteiger partial charge in [0.2, 0.25) is 5.91 Å². The molecule has 2 heteroatoms. The van der Waals surface area contributed by atoms with Gasteiger partial charge in [0.1, 0.15) is 0 Å². The van der Waals surface area contributed by atoms with Crippen molar-refractivity contribution in [3.8, 4) is 0 Å². The van der Waals surface area contributed by atoms with E-state index in [1.54, 1.807) is 0 Å². The van der Waals surface area contributed by atoms with Crippen LogP contribution in [0.5, 0.6) is 0 Å². The normalized spacial score (nSPS) is 23.1. The first-order valence-electron chi connectivity index (χ1n) is 7.88. The Kier molecular flexibility index (Phi) is 3.35. The average Bonchev–Trinajstić information content (AvgIpc) is 3.14. The quantitative estimate of drug-likeness (QED) is 0.794. The number of hydrogen-bond donors (Lipinski definition) is 0. The van der Waals surface area contributed by atoms with Crippen LogP contribution in [0.15, 0.2) is 24.3 Å². The van der Waals surface area contributed by atoms with E-state index in [1.807, 2.05) is 0 Å². The van der Waals surface area contributed by atoms with E-state index in [0.29, 0.717) is 17.9 Å². The number of benzene rings is 1. The molecule has 0 aromatic heterocycles. The summed E-state index contributed by atoms with van der Waals surface area (Å²) in [4.78, 5) is 14.5. The molecule has 1 saturated heterocycles.